The van der Waals surface area contributed by atoms with Crippen molar-refractivity contribution in [1.82, 2.24) is 10.2 Å². The standard InChI is InChI=1S/C55H69N5O7/c1-5-7-9-14-48(61)47-34-39-17-25-51(66-30-28-57)45(33-39)46-35-43(24-26-52(46)67-31-29-58)53(50(63)32-37(3)54(64)59-47)60(4)55(65)44(13-10-11-27-56)36-49(62)42-22-20-41(21-23-42)40-18-15-38(16-19-40)12-8-6-2/h1,15-26,33,35,37,44,47,53H,6-14,27-32,34,36,56-58H2,2-4H3,(H,59,64)/t37-,44-,47+,53+/m1/s1. The third-order valence-corrected chi connectivity index (χ3v) is 12.4. The summed E-state index contributed by atoms with van der Waals surface area (Å²) in [5.74, 6) is 0.226. The highest BCUT2D eigenvalue weighted by atomic mass is 16.5. The van der Waals surface area contributed by atoms with Crippen LogP contribution in [0, 0.1) is 24.2 Å². The van der Waals surface area contributed by atoms with E-state index < -0.39 is 41.5 Å². The molecule has 4 aromatic carbocycles. The van der Waals surface area contributed by atoms with Crippen LogP contribution in [0.5, 0.6) is 11.5 Å². The summed E-state index contributed by atoms with van der Waals surface area (Å²) in [6, 6.07) is 24.6. The molecule has 0 unspecified atom stereocenters. The lowest BCUT2D eigenvalue weighted by molar-refractivity contribution is -0.142. The lowest BCUT2D eigenvalue weighted by Crippen LogP contribution is -2.45. The summed E-state index contributed by atoms with van der Waals surface area (Å²) in [5, 5.41) is 2.94. The molecule has 0 spiro atoms. The number of amides is 2. The number of nitrogens with zero attached hydrogens (tertiary/aromatic N) is 1. The molecule has 12 heteroatoms. The Kier molecular flexibility index (Phi) is 20.3. The summed E-state index contributed by atoms with van der Waals surface area (Å²) < 4.78 is 12.4. The van der Waals surface area contributed by atoms with Gasteiger partial charge in [0.05, 0.1) is 6.04 Å². The molecule has 2 amide bonds. The predicted octanol–water partition coefficient (Wildman–Crippen LogP) is 7.56. The lowest BCUT2D eigenvalue weighted by Gasteiger charge is -2.32. The molecule has 356 valence electrons. The number of hydrogen-bond acceptors (Lipinski definition) is 10. The first-order chi connectivity index (χ1) is 32.4. The van der Waals surface area contributed by atoms with E-state index in [4.69, 9.17) is 33.1 Å². The van der Waals surface area contributed by atoms with Crippen LogP contribution in [0.15, 0.2) is 84.9 Å². The maximum absolute atomic E-state index is 14.9. The zero-order chi connectivity index (χ0) is 48.3. The second-order valence-electron chi connectivity index (χ2n) is 17.6. The fourth-order valence-electron chi connectivity index (χ4n) is 8.60. The van der Waals surface area contributed by atoms with Gasteiger partial charge in [-0.25, -0.2) is 0 Å². The molecular formula is C55H69N5O7. The number of hydrogen-bond donors (Lipinski definition) is 4. The summed E-state index contributed by atoms with van der Waals surface area (Å²) in [6.45, 7) is 5.11. The first-order valence-electron chi connectivity index (χ1n) is 23.8. The lowest BCUT2D eigenvalue weighted by atomic mass is 9.87. The van der Waals surface area contributed by atoms with E-state index in [-0.39, 0.29) is 63.6 Å². The Morgan fingerprint density at radius 3 is 2.07 bits per heavy atom. The number of ketones is 3. The fraction of sp³-hybridized carbons (Fsp3) is 0.436. The quantitative estimate of drug-likeness (QED) is 0.0327. The SMILES string of the molecule is C#CCCCC(=O)[C@@H]1Cc2ccc(OCCN)c(c2)-c2cc(ccc2OCCN)[C@H](N(C)C(=O)[C@H](CCCCN)CC(=O)c2ccc(-c3ccc(CCCC)cc3)cc2)C(=O)C[C@@H](C)C(=O)N1. The minimum atomic E-state index is -1.18. The minimum Gasteiger partial charge on any atom is -0.492 e. The van der Waals surface area contributed by atoms with Crippen molar-refractivity contribution in [3.8, 4) is 46.1 Å². The Morgan fingerprint density at radius 1 is 0.806 bits per heavy atom. The molecule has 0 saturated heterocycles. The summed E-state index contributed by atoms with van der Waals surface area (Å²) in [4.78, 5) is 72.9. The van der Waals surface area contributed by atoms with Gasteiger partial charge in [0.25, 0.3) is 0 Å². The molecule has 4 aromatic rings. The third-order valence-electron chi connectivity index (χ3n) is 12.4. The molecule has 0 aliphatic carbocycles. The van der Waals surface area contributed by atoms with E-state index in [1.54, 1.807) is 50.4 Å². The van der Waals surface area contributed by atoms with Gasteiger partial charge in [-0.05, 0) is 97.2 Å². The van der Waals surface area contributed by atoms with Crippen LogP contribution < -0.4 is 32.0 Å². The van der Waals surface area contributed by atoms with Gasteiger partial charge in [-0.3, -0.25) is 24.0 Å². The molecule has 1 aliphatic rings. The van der Waals surface area contributed by atoms with Crippen LogP contribution in [-0.2, 0) is 32.0 Å². The predicted molar refractivity (Wildman–Crippen MR) is 264 cm³/mol. The number of Topliss-reactive ketones (excluding diaryl/α,β-unsaturated/α-hetero) is 3. The van der Waals surface area contributed by atoms with E-state index in [9.17, 15) is 24.0 Å². The molecule has 7 N–H and O–H groups in total. The number of benzene rings is 4. The molecular weight excluding hydrogens is 843 g/mol. The maximum atomic E-state index is 14.9. The van der Waals surface area contributed by atoms with Crippen LogP contribution in [-0.4, -0.2) is 80.0 Å². The first-order valence-corrected chi connectivity index (χ1v) is 23.8. The van der Waals surface area contributed by atoms with Gasteiger partial charge in [-0.2, -0.15) is 0 Å². The first kappa shape index (κ1) is 51.8. The second kappa shape index (κ2) is 26.3. The van der Waals surface area contributed by atoms with Crippen molar-refractivity contribution in [3.63, 3.8) is 0 Å². The number of ether oxygens (including phenoxy) is 2. The highest BCUT2D eigenvalue weighted by Gasteiger charge is 2.36. The molecule has 4 bridgehead atoms. The minimum absolute atomic E-state index is 0.0819. The number of carbonyl (C=O) groups excluding carboxylic acids is 5. The molecule has 0 radical (unpaired) electrons. The largest absolute Gasteiger partial charge is 0.492 e. The van der Waals surface area contributed by atoms with E-state index in [2.05, 4.69) is 42.4 Å². The molecule has 12 nitrogen and oxygen atoms in total. The summed E-state index contributed by atoms with van der Waals surface area (Å²) in [5.41, 5.74) is 23.8. The second-order valence-corrected chi connectivity index (χ2v) is 17.6. The molecule has 0 aromatic heterocycles. The Hall–Kier alpha value is -6.13. The van der Waals surface area contributed by atoms with E-state index in [1.165, 1.54) is 10.5 Å². The van der Waals surface area contributed by atoms with Crippen LogP contribution >= 0.6 is 0 Å². The van der Waals surface area contributed by atoms with Crippen LogP contribution in [0.4, 0.5) is 0 Å². The number of carbonyl (C=O) groups is 5. The average Bonchev–Trinajstić information content (AvgIpc) is 3.34. The summed E-state index contributed by atoms with van der Waals surface area (Å²) in [6.07, 6.45) is 11.3. The van der Waals surface area contributed by atoms with Crippen molar-refractivity contribution in [2.45, 2.75) is 103 Å². The Labute approximate surface area is 396 Å². The van der Waals surface area contributed by atoms with Crippen molar-refractivity contribution in [2.75, 3.05) is 39.9 Å². The van der Waals surface area contributed by atoms with Crippen LogP contribution in [0.2, 0.25) is 0 Å². The zero-order valence-electron chi connectivity index (χ0n) is 39.5. The molecule has 67 heavy (non-hydrogen) atoms. The average molecular weight is 912 g/mol. The topological polar surface area (TPSA) is 197 Å². The van der Waals surface area contributed by atoms with Crippen LogP contribution in [0.1, 0.15) is 111 Å². The Morgan fingerprint density at radius 2 is 1.45 bits per heavy atom. The number of terminal acetylenes is 1. The van der Waals surface area contributed by atoms with Gasteiger partial charge in [0, 0.05) is 74.3 Å². The number of fused-ring (bicyclic) bond motifs is 5. The number of aryl methyl sites for hydroxylation is 1. The van der Waals surface area contributed by atoms with E-state index in [0.717, 1.165) is 36.0 Å². The van der Waals surface area contributed by atoms with Crippen LogP contribution in [0.3, 0.4) is 0 Å². The number of nitrogens with two attached hydrogens (primary N) is 3. The Bertz CT molecular complexity index is 2340. The van der Waals surface area contributed by atoms with Gasteiger partial charge >= 0.3 is 0 Å². The van der Waals surface area contributed by atoms with Gasteiger partial charge < -0.3 is 36.9 Å². The number of unbranched alkanes of at least 4 members (excludes halogenated alkanes) is 3. The van der Waals surface area contributed by atoms with E-state index in [0.29, 0.717) is 72.4 Å². The van der Waals surface area contributed by atoms with Crippen LogP contribution in [0.25, 0.3) is 22.3 Å². The van der Waals surface area contributed by atoms with Gasteiger partial charge in [0.15, 0.2) is 17.3 Å². The van der Waals surface area contributed by atoms with Gasteiger partial charge in [0.2, 0.25) is 11.8 Å². The number of likely N-dealkylation sites (N-methyl/N-ethyl adjacent to an activating group) is 1. The van der Waals surface area contributed by atoms with Crippen molar-refractivity contribution in [1.29, 1.82) is 0 Å². The molecule has 1 aliphatic heterocycles. The van der Waals surface area contributed by atoms with E-state index >= 15 is 0 Å². The smallest absolute Gasteiger partial charge is 0.226 e. The van der Waals surface area contributed by atoms with E-state index in [1.807, 2.05) is 24.3 Å². The van der Waals surface area contributed by atoms with Gasteiger partial charge in [-0.1, -0.05) is 87.4 Å². The molecule has 4 atom stereocenters. The Balaban J connectivity index is 1.54. The molecule has 1 heterocycles. The van der Waals surface area contributed by atoms with Gasteiger partial charge in [-0.15, -0.1) is 12.3 Å². The highest BCUT2D eigenvalue weighted by Crippen LogP contribution is 2.41. The van der Waals surface area contributed by atoms with Crippen molar-refractivity contribution >= 4 is 29.2 Å². The molecule has 5 rings (SSSR count). The number of rotatable bonds is 23. The monoisotopic (exact) mass is 912 g/mol. The fourth-order valence-corrected chi connectivity index (χ4v) is 8.60. The normalized spacial score (nSPS) is 16.5. The zero-order valence-corrected chi connectivity index (χ0v) is 39.5. The highest BCUT2D eigenvalue weighted by molar-refractivity contribution is 6.00. The van der Waals surface area contributed by atoms with Crippen molar-refractivity contribution < 1.29 is 33.4 Å². The number of nitrogens with one attached hydrogen (secondary N) is 1. The maximum Gasteiger partial charge on any atom is 0.226 e. The van der Waals surface area contributed by atoms with Crippen molar-refractivity contribution in [3.05, 3.63) is 107 Å². The van der Waals surface area contributed by atoms with Crippen molar-refractivity contribution in [2.24, 2.45) is 29.0 Å². The molecule has 0 fully saturated rings. The summed E-state index contributed by atoms with van der Waals surface area (Å²) in [7, 11) is 1.57. The van der Waals surface area contributed by atoms with Gasteiger partial charge in [0.1, 0.15) is 30.8 Å². The summed E-state index contributed by atoms with van der Waals surface area (Å²) >= 11 is 0. The third kappa shape index (κ3) is 14.4. The molecule has 0 saturated carbocycles.